The van der Waals surface area contributed by atoms with Crippen molar-refractivity contribution < 1.29 is 38.9 Å². The molecular formula is C40H47N3O8. The van der Waals surface area contributed by atoms with Gasteiger partial charge in [0.15, 0.2) is 5.78 Å². The molecule has 3 aromatic rings. The third-order valence-corrected chi connectivity index (χ3v) is 10.8. The number of rotatable bonds is 12. The highest BCUT2D eigenvalue weighted by molar-refractivity contribution is 5.96. The number of fused-ring (bicyclic) bond motifs is 1. The topological polar surface area (TPSA) is 147 Å². The van der Waals surface area contributed by atoms with Crippen LogP contribution in [0, 0.1) is 22.7 Å². The van der Waals surface area contributed by atoms with Crippen LogP contribution in [0.2, 0.25) is 0 Å². The number of hydrogen-bond acceptors (Lipinski definition) is 8. The summed E-state index contributed by atoms with van der Waals surface area (Å²) in [6.07, 6.45) is 1.02. The van der Waals surface area contributed by atoms with Gasteiger partial charge in [0.05, 0.1) is 48.3 Å². The highest BCUT2D eigenvalue weighted by Gasteiger charge is 2.61. The molecule has 0 radical (unpaired) electrons. The van der Waals surface area contributed by atoms with Crippen molar-refractivity contribution in [3.63, 3.8) is 0 Å². The summed E-state index contributed by atoms with van der Waals surface area (Å²) in [5, 5.41) is 20.9. The predicted octanol–water partition coefficient (Wildman–Crippen LogP) is 5.14. The first-order chi connectivity index (χ1) is 24.2. The van der Waals surface area contributed by atoms with Gasteiger partial charge in [0.2, 0.25) is 11.8 Å². The SMILES string of the molecule is C=CC1CC1(CC(=O)[C@@H]1C[C@@H](Oc2cc(-c3ccccc3)nc3cc(OC)ccc23)CN1C(=O)[C@@H](CC(=O)N1CCC(O)C1)C(C)(C)C)C(=O)O. The molecule has 3 fully saturated rings. The molecule has 1 saturated carbocycles. The molecule has 6 atom stereocenters. The normalized spacial score (nSPS) is 25.0. The number of benzene rings is 2. The molecule has 51 heavy (non-hydrogen) atoms. The number of β-amino-alcohol motifs (C(OH)–C–C–N with tert-alkyl or cyclic N) is 1. The zero-order chi connectivity index (χ0) is 36.7. The molecule has 3 aliphatic rings. The number of aliphatic carboxylic acids is 1. The Morgan fingerprint density at radius 2 is 1.84 bits per heavy atom. The summed E-state index contributed by atoms with van der Waals surface area (Å²) in [5.74, 6) is -1.92. The monoisotopic (exact) mass is 697 g/mol. The van der Waals surface area contributed by atoms with Gasteiger partial charge in [0.1, 0.15) is 17.6 Å². The van der Waals surface area contributed by atoms with Crippen molar-refractivity contribution in [3.05, 3.63) is 67.3 Å². The number of aliphatic hydroxyl groups excluding tert-OH is 1. The molecule has 3 unspecified atom stereocenters. The Bertz CT molecular complexity index is 1840. The number of aliphatic hydroxyl groups is 1. The highest BCUT2D eigenvalue weighted by Crippen LogP contribution is 2.56. The van der Waals surface area contributed by atoms with E-state index in [1.54, 1.807) is 18.1 Å². The van der Waals surface area contributed by atoms with Crippen LogP contribution in [0.1, 0.15) is 52.9 Å². The van der Waals surface area contributed by atoms with Crippen molar-refractivity contribution in [2.24, 2.45) is 22.7 Å². The molecule has 270 valence electrons. The van der Waals surface area contributed by atoms with Crippen molar-refractivity contribution in [3.8, 4) is 22.8 Å². The average molecular weight is 698 g/mol. The van der Waals surface area contributed by atoms with E-state index in [1.807, 2.05) is 75.4 Å². The van der Waals surface area contributed by atoms with Gasteiger partial charge in [-0.25, -0.2) is 4.98 Å². The maximum absolute atomic E-state index is 14.6. The summed E-state index contributed by atoms with van der Waals surface area (Å²) in [7, 11) is 1.58. The van der Waals surface area contributed by atoms with E-state index in [-0.39, 0.29) is 55.9 Å². The van der Waals surface area contributed by atoms with E-state index < -0.39 is 41.0 Å². The number of carboxylic acid groups (broad SMARTS) is 1. The standard InChI is InChI=1S/C40H47N3O8/c1-6-25-20-40(25,38(48)49)21-34(45)33-17-28(23-43(33)37(47)30(39(2,3)4)18-36(46)42-15-14-26(44)22-42)51-35-19-31(24-10-8-7-9-11-24)41-32-16-27(50-5)12-13-29(32)35/h6-13,16,19,25-26,28,30,33,44H,1,14-15,17-18,20-23H2,2-5H3,(H,48,49)/t25?,26?,28-,30-,33+,40?/m1/s1. The minimum atomic E-state index is -1.24. The van der Waals surface area contributed by atoms with Crippen molar-refractivity contribution in [2.45, 2.75) is 71.1 Å². The van der Waals surface area contributed by atoms with E-state index in [0.29, 0.717) is 42.1 Å². The number of ether oxygens (including phenoxy) is 2. The number of pyridine rings is 1. The third kappa shape index (κ3) is 7.35. The second kappa shape index (κ2) is 14.1. The molecule has 2 saturated heterocycles. The number of aromatic nitrogens is 1. The number of allylic oxidation sites excluding steroid dienone is 1. The molecule has 6 rings (SSSR count). The Kier molecular flexibility index (Phi) is 9.96. The average Bonchev–Trinajstić information content (AvgIpc) is 3.39. The first-order valence-electron chi connectivity index (χ1n) is 17.6. The number of amides is 2. The second-order valence-electron chi connectivity index (χ2n) is 15.3. The number of Topliss-reactive ketones (excluding diaryl/α,β-unsaturated/α-hetero) is 1. The zero-order valence-corrected chi connectivity index (χ0v) is 29.7. The lowest BCUT2D eigenvalue weighted by atomic mass is 9.77. The number of hydrogen-bond donors (Lipinski definition) is 2. The third-order valence-electron chi connectivity index (χ3n) is 10.8. The van der Waals surface area contributed by atoms with E-state index in [9.17, 15) is 29.4 Å². The van der Waals surface area contributed by atoms with Crippen LogP contribution >= 0.6 is 0 Å². The molecule has 2 amide bonds. The summed E-state index contributed by atoms with van der Waals surface area (Å²) in [6, 6.07) is 16.1. The lowest BCUT2D eigenvalue weighted by molar-refractivity contribution is -0.149. The lowest BCUT2D eigenvalue weighted by Gasteiger charge is -2.35. The summed E-state index contributed by atoms with van der Waals surface area (Å²) in [4.78, 5) is 62.5. The van der Waals surface area contributed by atoms with Crippen molar-refractivity contribution in [2.75, 3.05) is 26.7 Å². The van der Waals surface area contributed by atoms with Crippen LogP contribution in [-0.4, -0.2) is 93.6 Å². The molecule has 11 nitrogen and oxygen atoms in total. The number of likely N-dealkylation sites (tertiary alicyclic amines) is 2. The molecule has 2 aliphatic heterocycles. The molecule has 3 heterocycles. The fraction of sp³-hybridized carbons (Fsp3) is 0.475. The smallest absolute Gasteiger partial charge is 0.310 e. The van der Waals surface area contributed by atoms with Gasteiger partial charge in [-0.3, -0.25) is 19.2 Å². The summed E-state index contributed by atoms with van der Waals surface area (Å²) >= 11 is 0. The molecule has 0 spiro atoms. The first kappa shape index (κ1) is 36.0. The van der Waals surface area contributed by atoms with Gasteiger partial charge in [-0.15, -0.1) is 6.58 Å². The van der Waals surface area contributed by atoms with E-state index in [2.05, 4.69) is 6.58 Å². The Morgan fingerprint density at radius 3 is 2.45 bits per heavy atom. The molecule has 2 aromatic carbocycles. The summed E-state index contributed by atoms with van der Waals surface area (Å²) in [5.41, 5.74) is 0.320. The maximum Gasteiger partial charge on any atom is 0.310 e. The van der Waals surface area contributed by atoms with Crippen LogP contribution in [0.4, 0.5) is 0 Å². The Morgan fingerprint density at radius 1 is 1.10 bits per heavy atom. The van der Waals surface area contributed by atoms with Crippen molar-refractivity contribution >= 4 is 34.5 Å². The Hall–Kier alpha value is -4.77. The first-order valence-corrected chi connectivity index (χ1v) is 17.6. The van der Waals surface area contributed by atoms with Gasteiger partial charge in [-0.2, -0.15) is 0 Å². The fourth-order valence-corrected chi connectivity index (χ4v) is 7.60. The number of carboxylic acids is 1. The van der Waals surface area contributed by atoms with E-state index >= 15 is 0 Å². The molecule has 1 aromatic heterocycles. The van der Waals surface area contributed by atoms with Gasteiger partial charge in [-0.1, -0.05) is 57.2 Å². The summed E-state index contributed by atoms with van der Waals surface area (Å²) in [6.45, 7) is 10.2. The lowest BCUT2D eigenvalue weighted by Crippen LogP contribution is -2.48. The highest BCUT2D eigenvalue weighted by atomic mass is 16.5. The van der Waals surface area contributed by atoms with E-state index in [4.69, 9.17) is 14.5 Å². The second-order valence-corrected chi connectivity index (χ2v) is 15.3. The van der Waals surface area contributed by atoms with Crippen molar-refractivity contribution in [1.82, 2.24) is 14.8 Å². The number of carbonyl (C=O) groups is 4. The van der Waals surface area contributed by atoms with E-state index in [1.165, 1.54) is 4.90 Å². The minimum Gasteiger partial charge on any atom is -0.497 e. The Labute approximate surface area is 298 Å². The summed E-state index contributed by atoms with van der Waals surface area (Å²) < 4.78 is 12.2. The van der Waals surface area contributed by atoms with Gasteiger partial charge in [0.25, 0.3) is 0 Å². The van der Waals surface area contributed by atoms with Gasteiger partial charge in [0, 0.05) is 55.4 Å². The maximum atomic E-state index is 14.6. The van der Waals surface area contributed by atoms with Crippen LogP contribution in [0.5, 0.6) is 11.5 Å². The number of ketones is 1. The van der Waals surface area contributed by atoms with Gasteiger partial charge in [-0.05, 0) is 36.3 Å². The largest absolute Gasteiger partial charge is 0.497 e. The predicted molar refractivity (Wildman–Crippen MR) is 191 cm³/mol. The molecule has 0 bridgehead atoms. The van der Waals surface area contributed by atoms with Gasteiger partial charge >= 0.3 is 5.97 Å². The molecule has 11 heteroatoms. The minimum absolute atomic E-state index is 0.0735. The molecular weight excluding hydrogens is 650 g/mol. The van der Waals surface area contributed by atoms with Crippen LogP contribution < -0.4 is 9.47 Å². The Balaban J connectivity index is 1.33. The van der Waals surface area contributed by atoms with Crippen LogP contribution in [0.3, 0.4) is 0 Å². The van der Waals surface area contributed by atoms with E-state index in [0.717, 1.165) is 10.9 Å². The number of carbonyl (C=O) groups excluding carboxylic acids is 3. The van der Waals surface area contributed by atoms with Crippen LogP contribution in [0.15, 0.2) is 67.3 Å². The molecule has 1 aliphatic carbocycles. The van der Waals surface area contributed by atoms with Crippen LogP contribution in [-0.2, 0) is 19.2 Å². The zero-order valence-electron chi connectivity index (χ0n) is 29.7. The van der Waals surface area contributed by atoms with Crippen LogP contribution in [0.25, 0.3) is 22.2 Å². The number of methoxy groups -OCH3 is 1. The van der Waals surface area contributed by atoms with Crippen molar-refractivity contribution in [1.29, 1.82) is 0 Å². The van der Waals surface area contributed by atoms with Gasteiger partial charge < -0.3 is 29.5 Å². The quantitative estimate of drug-likeness (QED) is 0.246. The molecule has 2 N–H and O–H groups in total. The fourth-order valence-electron chi connectivity index (χ4n) is 7.60. The number of nitrogens with zero attached hydrogens (tertiary/aromatic N) is 3.